The highest BCUT2D eigenvalue weighted by Gasteiger charge is 2.34. The first-order valence-corrected chi connectivity index (χ1v) is 10.1. The molecule has 0 saturated carbocycles. The number of hydrogen-bond acceptors (Lipinski definition) is 7. The van der Waals surface area contributed by atoms with Crippen molar-refractivity contribution < 1.29 is 9.66 Å². The fraction of sp³-hybridized carbons (Fsp3) is 0.0435. The summed E-state index contributed by atoms with van der Waals surface area (Å²) in [7, 11) is 0. The first kappa shape index (κ1) is 20.2. The van der Waals surface area contributed by atoms with Crippen molar-refractivity contribution in [1.82, 2.24) is 4.98 Å². The Morgan fingerprint density at radius 3 is 2.45 bits per heavy atom. The summed E-state index contributed by atoms with van der Waals surface area (Å²) < 4.78 is 5.94. The number of hydrogen-bond donors (Lipinski definition) is 1. The van der Waals surface area contributed by atoms with Crippen molar-refractivity contribution in [1.29, 1.82) is 5.26 Å². The number of rotatable bonds is 5. The summed E-state index contributed by atoms with van der Waals surface area (Å²) in [5.74, 6) is 0.0976. The van der Waals surface area contributed by atoms with E-state index in [1.54, 1.807) is 30.6 Å². The Hall–Kier alpha value is -4.09. The second kappa shape index (κ2) is 8.73. The van der Waals surface area contributed by atoms with Gasteiger partial charge in [-0.1, -0.05) is 48.2 Å². The van der Waals surface area contributed by atoms with Crippen LogP contribution in [-0.4, -0.2) is 9.91 Å². The van der Waals surface area contributed by atoms with Crippen molar-refractivity contribution in [3.05, 3.63) is 117 Å². The Morgan fingerprint density at radius 2 is 1.84 bits per heavy atom. The monoisotopic (exact) mass is 428 g/mol. The fourth-order valence-corrected chi connectivity index (χ4v) is 4.41. The van der Waals surface area contributed by atoms with Crippen LogP contribution in [0.4, 0.5) is 5.69 Å². The van der Waals surface area contributed by atoms with Gasteiger partial charge in [0.25, 0.3) is 5.69 Å². The van der Waals surface area contributed by atoms with Gasteiger partial charge < -0.3 is 10.5 Å². The van der Waals surface area contributed by atoms with Crippen molar-refractivity contribution in [2.24, 2.45) is 5.73 Å². The van der Waals surface area contributed by atoms with Gasteiger partial charge in [-0.2, -0.15) is 5.26 Å². The van der Waals surface area contributed by atoms with E-state index in [9.17, 15) is 15.4 Å². The SMILES string of the molecule is N#CC1=C(N)OC(c2ccccc2)=C(Sc2ccc([N+](=O)[O-])cc2)C1c1cccnc1. The van der Waals surface area contributed by atoms with E-state index in [2.05, 4.69) is 11.1 Å². The third-order valence-corrected chi connectivity index (χ3v) is 5.85. The van der Waals surface area contributed by atoms with E-state index in [0.717, 1.165) is 20.9 Å². The molecule has 0 aliphatic carbocycles. The zero-order valence-electron chi connectivity index (χ0n) is 16.1. The average molecular weight is 428 g/mol. The van der Waals surface area contributed by atoms with Crippen LogP contribution >= 0.6 is 11.8 Å². The molecular weight excluding hydrogens is 412 g/mol. The molecule has 0 saturated heterocycles. The van der Waals surface area contributed by atoms with Crippen LogP contribution in [0.2, 0.25) is 0 Å². The van der Waals surface area contributed by atoms with Crippen LogP contribution in [-0.2, 0) is 4.74 Å². The van der Waals surface area contributed by atoms with Gasteiger partial charge in [0.2, 0.25) is 5.88 Å². The fourth-order valence-electron chi connectivity index (χ4n) is 3.26. The molecule has 2 heterocycles. The number of ether oxygens (including phenoxy) is 1. The molecule has 152 valence electrons. The summed E-state index contributed by atoms with van der Waals surface area (Å²) >= 11 is 1.38. The molecule has 0 bridgehead atoms. The van der Waals surface area contributed by atoms with E-state index in [1.165, 1.54) is 23.9 Å². The maximum atomic E-state index is 11.0. The van der Waals surface area contributed by atoms with E-state index >= 15 is 0 Å². The number of nitro groups is 1. The van der Waals surface area contributed by atoms with E-state index in [0.29, 0.717) is 5.76 Å². The normalized spacial score (nSPS) is 15.9. The molecule has 1 aromatic heterocycles. The number of pyridine rings is 1. The highest BCUT2D eigenvalue weighted by molar-refractivity contribution is 8.03. The minimum atomic E-state index is -0.483. The summed E-state index contributed by atoms with van der Waals surface area (Å²) in [5.41, 5.74) is 8.05. The van der Waals surface area contributed by atoms with Gasteiger partial charge in [0, 0.05) is 39.9 Å². The maximum absolute atomic E-state index is 11.0. The van der Waals surface area contributed by atoms with Crippen LogP contribution in [0.25, 0.3) is 5.76 Å². The topological polar surface area (TPSA) is 115 Å². The lowest BCUT2D eigenvalue weighted by atomic mass is 9.89. The first-order chi connectivity index (χ1) is 15.1. The van der Waals surface area contributed by atoms with Crippen molar-refractivity contribution >= 4 is 23.2 Å². The quantitative estimate of drug-likeness (QED) is 0.451. The molecule has 3 aromatic rings. The largest absolute Gasteiger partial charge is 0.439 e. The number of aromatic nitrogens is 1. The molecule has 1 unspecified atom stereocenters. The van der Waals surface area contributed by atoms with E-state index in [4.69, 9.17) is 10.5 Å². The molecule has 0 spiro atoms. The predicted octanol–water partition coefficient (Wildman–Crippen LogP) is 4.96. The van der Waals surface area contributed by atoms with Crippen molar-refractivity contribution in [2.45, 2.75) is 10.8 Å². The molecule has 31 heavy (non-hydrogen) atoms. The Balaban J connectivity index is 1.88. The number of benzene rings is 2. The molecule has 0 radical (unpaired) electrons. The number of thioether (sulfide) groups is 1. The van der Waals surface area contributed by atoms with E-state index < -0.39 is 10.8 Å². The third-order valence-electron chi connectivity index (χ3n) is 4.70. The molecular formula is C23H16N4O3S. The third kappa shape index (κ3) is 4.13. The molecule has 1 atom stereocenters. The molecule has 8 heteroatoms. The lowest BCUT2D eigenvalue weighted by Gasteiger charge is -2.29. The average Bonchev–Trinajstić information content (AvgIpc) is 2.81. The Kier molecular flexibility index (Phi) is 5.69. The molecule has 7 nitrogen and oxygen atoms in total. The minimum Gasteiger partial charge on any atom is -0.439 e. The smallest absolute Gasteiger partial charge is 0.269 e. The molecule has 4 rings (SSSR count). The van der Waals surface area contributed by atoms with Gasteiger partial charge in [0.05, 0.1) is 10.8 Å². The van der Waals surface area contributed by atoms with Gasteiger partial charge in [-0.25, -0.2) is 0 Å². The van der Waals surface area contributed by atoms with Crippen LogP contribution in [0.15, 0.2) is 100 Å². The zero-order valence-corrected chi connectivity index (χ0v) is 17.0. The second-order valence-corrected chi connectivity index (χ2v) is 7.74. The standard InChI is InChI=1S/C23H16N4O3S/c24-13-19-20(16-7-4-12-26-14-16)22(31-18-10-8-17(9-11-18)27(28)29)21(30-23(19)25)15-5-2-1-3-6-15/h1-12,14,20H,25H2. The highest BCUT2D eigenvalue weighted by Crippen LogP contribution is 2.49. The summed E-state index contributed by atoms with van der Waals surface area (Å²) in [6.07, 6.45) is 3.35. The Labute approximate surface area is 182 Å². The molecule has 1 aliphatic heterocycles. The molecule has 2 aromatic carbocycles. The van der Waals surface area contributed by atoms with Crippen molar-refractivity contribution in [3.8, 4) is 6.07 Å². The van der Waals surface area contributed by atoms with Gasteiger partial charge in [-0.15, -0.1) is 0 Å². The second-order valence-electron chi connectivity index (χ2n) is 6.62. The van der Waals surface area contributed by atoms with Crippen molar-refractivity contribution in [2.75, 3.05) is 0 Å². The Morgan fingerprint density at radius 1 is 1.10 bits per heavy atom. The van der Waals surface area contributed by atoms with Crippen LogP contribution in [0, 0.1) is 21.4 Å². The Bertz CT molecular complexity index is 1220. The lowest BCUT2D eigenvalue weighted by molar-refractivity contribution is -0.384. The first-order valence-electron chi connectivity index (χ1n) is 9.28. The minimum absolute atomic E-state index is 0.00664. The number of non-ortho nitro benzene ring substituents is 1. The zero-order chi connectivity index (χ0) is 21.8. The number of allylic oxidation sites excluding steroid dienone is 2. The summed E-state index contributed by atoms with van der Waals surface area (Å²) in [6.45, 7) is 0. The van der Waals surface area contributed by atoms with Crippen LogP contribution in [0.5, 0.6) is 0 Å². The van der Waals surface area contributed by atoms with Gasteiger partial charge in [0.15, 0.2) is 0 Å². The lowest BCUT2D eigenvalue weighted by Crippen LogP contribution is -2.19. The molecule has 2 N–H and O–H groups in total. The highest BCUT2D eigenvalue weighted by atomic mass is 32.2. The van der Waals surface area contributed by atoms with E-state index in [1.807, 2.05) is 36.4 Å². The number of nitrogens with zero attached hydrogens (tertiary/aromatic N) is 3. The summed E-state index contributed by atoms with van der Waals surface area (Å²) in [4.78, 5) is 16.3. The van der Waals surface area contributed by atoms with Crippen molar-refractivity contribution in [3.63, 3.8) is 0 Å². The summed E-state index contributed by atoms with van der Waals surface area (Å²) in [5, 5.41) is 20.8. The van der Waals surface area contributed by atoms with Gasteiger partial charge in [0.1, 0.15) is 17.4 Å². The van der Waals surface area contributed by atoms with Gasteiger partial charge in [-0.3, -0.25) is 15.1 Å². The van der Waals surface area contributed by atoms with Gasteiger partial charge >= 0.3 is 0 Å². The number of nitrogens with two attached hydrogens (primary N) is 1. The number of nitro benzene ring substituents is 1. The molecule has 1 aliphatic rings. The van der Waals surface area contributed by atoms with Crippen LogP contribution in [0.1, 0.15) is 17.0 Å². The van der Waals surface area contributed by atoms with Crippen LogP contribution < -0.4 is 5.73 Å². The van der Waals surface area contributed by atoms with Gasteiger partial charge in [-0.05, 0) is 23.8 Å². The van der Waals surface area contributed by atoms with E-state index in [-0.39, 0.29) is 17.1 Å². The predicted molar refractivity (Wildman–Crippen MR) is 117 cm³/mol. The number of nitriles is 1. The maximum Gasteiger partial charge on any atom is 0.269 e. The molecule has 0 amide bonds. The molecule has 0 fully saturated rings. The van der Waals surface area contributed by atoms with Crippen LogP contribution in [0.3, 0.4) is 0 Å². The summed E-state index contributed by atoms with van der Waals surface area (Å²) in [6, 6.07) is 21.6.